The largest absolute Gasteiger partial charge is 0.373 e. The zero-order valence-electron chi connectivity index (χ0n) is 11.1. The zero-order valence-corrected chi connectivity index (χ0v) is 12.0. The van der Waals surface area contributed by atoms with E-state index in [0.29, 0.717) is 0 Å². The van der Waals surface area contributed by atoms with Gasteiger partial charge >= 0.3 is 0 Å². The summed E-state index contributed by atoms with van der Waals surface area (Å²) in [7, 11) is 2.08. The average molecular weight is 260 g/mol. The van der Waals surface area contributed by atoms with E-state index in [1.807, 2.05) is 11.8 Å². The van der Waals surface area contributed by atoms with Crippen molar-refractivity contribution in [2.75, 3.05) is 24.2 Å². The van der Waals surface area contributed by atoms with Crippen molar-refractivity contribution in [1.82, 2.24) is 0 Å². The molecule has 2 nitrogen and oxygen atoms in total. The summed E-state index contributed by atoms with van der Waals surface area (Å²) in [6.45, 7) is 3.02. The Bertz CT molecular complexity index is 429. The van der Waals surface area contributed by atoms with Crippen molar-refractivity contribution in [3.8, 4) is 6.07 Å². The van der Waals surface area contributed by atoms with Gasteiger partial charge in [-0.3, -0.25) is 0 Å². The molecule has 0 spiro atoms. The van der Waals surface area contributed by atoms with Crippen molar-refractivity contribution in [3.05, 3.63) is 24.3 Å². The number of hydrogen-bond acceptors (Lipinski definition) is 3. The lowest BCUT2D eigenvalue weighted by molar-refractivity contribution is 0.223. The Labute approximate surface area is 114 Å². The first-order valence-electron chi connectivity index (χ1n) is 6.54. The topological polar surface area (TPSA) is 27.0 Å². The molecule has 0 heterocycles. The van der Waals surface area contributed by atoms with Crippen LogP contribution < -0.4 is 4.90 Å². The number of thioether (sulfide) groups is 1. The lowest BCUT2D eigenvalue weighted by Gasteiger charge is -2.39. The molecule has 1 aromatic carbocycles. The molecule has 1 aliphatic rings. The van der Waals surface area contributed by atoms with Gasteiger partial charge < -0.3 is 4.90 Å². The molecule has 0 radical (unpaired) electrons. The molecular weight excluding hydrogens is 240 g/mol. The van der Waals surface area contributed by atoms with Crippen molar-refractivity contribution in [1.29, 1.82) is 5.26 Å². The predicted molar refractivity (Wildman–Crippen MR) is 78.0 cm³/mol. The van der Waals surface area contributed by atoms with Crippen molar-refractivity contribution in [3.63, 3.8) is 0 Å². The highest BCUT2D eigenvalue weighted by molar-refractivity contribution is 7.99. The summed E-state index contributed by atoms with van der Waals surface area (Å²) in [4.78, 5) is 3.52. The second-order valence-corrected chi connectivity index (χ2v) is 6.37. The van der Waals surface area contributed by atoms with Crippen molar-refractivity contribution >= 4 is 17.4 Å². The number of rotatable bonds is 5. The fraction of sp³-hybridized carbons (Fsp3) is 0.533. The molecule has 0 amide bonds. The summed E-state index contributed by atoms with van der Waals surface area (Å²) in [5.41, 5.74) is 1.11. The molecular formula is C15H20N2S. The Kier molecular flexibility index (Phi) is 4.19. The van der Waals surface area contributed by atoms with Gasteiger partial charge in [0.1, 0.15) is 0 Å². The molecule has 3 heteroatoms. The first-order valence-corrected chi connectivity index (χ1v) is 7.53. The van der Waals surface area contributed by atoms with Crippen molar-refractivity contribution in [2.24, 2.45) is 5.41 Å². The van der Waals surface area contributed by atoms with Crippen LogP contribution in [-0.4, -0.2) is 19.3 Å². The summed E-state index contributed by atoms with van der Waals surface area (Å²) >= 11 is 1.86. The molecule has 0 aliphatic heterocycles. The second-order valence-electron chi connectivity index (χ2n) is 5.03. The number of benzene rings is 1. The zero-order chi connectivity index (χ0) is 13.0. The summed E-state index contributed by atoms with van der Waals surface area (Å²) in [6.07, 6.45) is 3.31. The number of nitrogens with zero attached hydrogens (tertiary/aromatic N) is 2. The molecule has 0 aromatic heterocycles. The molecule has 0 bridgehead atoms. The molecule has 1 saturated carbocycles. The first kappa shape index (κ1) is 13.3. The van der Waals surface area contributed by atoms with E-state index in [1.54, 1.807) is 0 Å². The normalized spacial score (nSPS) is 16.7. The molecule has 1 aliphatic carbocycles. The third-order valence-corrected chi connectivity index (χ3v) is 4.57. The summed E-state index contributed by atoms with van der Waals surface area (Å²) in [6, 6.07) is 11.1. The molecule has 0 saturated heterocycles. The monoisotopic (exact) mass is 260 g/mol. The average Bonchev–Trinajstić information content (AvgIpc) is 2.35. The van der Waals surface area contributed by atoms with Crippen LogP contribution in [0.2, 0.25) is 0 Å². The quantitative estimate of drug-likeness (QED) is 0.751. The second kappa shape index (κ2) is 5.67. The van der Waals surface area contributed by atoms with Crippen LogP contribution in [0.15, 0.2) is 29.2 Å². The Hall–Kier alpha value is -1.14. The van der Waals surface area contributed by atoms with Crippen LogP contribution in [0.4, 0.5) is 5.69 Å². The maximum absolute atomic E-state index is 9.27. The van der Waals surface area contributed by atoms with E-state index >= 15 is 0 Å². The van der Waals surface area contributed by atoms with Gasteiger partial charge in [-0.2, -0.15) is 5.26 Å². The van der Waals surface area contributed by atoms with E-state index in [9.17, 15) is 5.26 Å². The van der Waals surface area contributed by atoms with E-state index in [4.69, 9.17) is 0 Å². The minimum atomic E-state index is -0.0917. The molecule has 0 atom stereocenters. The minimum absolute atomic E-state index is 0.0917. The highest BCUT2D eigenvalue weighted by atomic mass is 32.2. The Balaban J connectivity index is 2.00. The maximum atomic E-state index is 9.27. The summed E-state index contributed by atoms with van der Waals surface area (Å²) in [5, 5.41) is 9.27. The van der Waals surface area contributed by atoms with Crippen LogP contribution >= 0.6 is 11.8 Å². The molecule has 1 aromatic rings. The van der Waals surface area contributed by atoms with Crippen molar-refractivity contribution in [2.45, 2.75) is 31.1 Å². The molecule has 96 valence electrons. The maximum Gasteiger partial charge on any atom is 0.0748 e. The first-order chi connectivity index (χ1) is 8.69. The lowest BCUT2D eigenvalue weighted by atomic mass is 9.69. The van der Waals surface area contributed by atoms with Gasteiger partial charge in [-0.05, 0) is 42.9 Å². The van der Waals surface area contributed by atoms with Crippen LogP contribution in [0.1, 0.15) is 26.2 Å². The Morgan fingerprint density at radius 2 is 2.00 bits per heavy atom. The van der Waals surface area contributed by atoms with Gasteiger partial charge in [-0.25, -0.2) is 0 Å². The molecule has 1 fully saturated rings. The van der Waals surface area contributed by atoms with Gasteiger partial charge in [0.2, 0.25) is 0 Å². The van der Waals surface area contributed by atoms with E-state index in [0.717, 1.165) is 25.1 Å². The van der Waals surface area contributed by atoms with Crippen LogP contribution in [0.5, 0.6) is 0 Å². The third-order valence-electron chi connectivity index (χ3n) is 3.68. The highest BCUT2D eigenvalue weighted by Crippen LogP contribution is 2.41. The van der Waals surface area contributed by atoms with Gasteiger partial charge in [-0.15, -0.1) is 11.8 Å². The van der Waals surface area contributed by atoms with E-state index in [-0.39, 0.29) is 5.41 Å². The van der Waals surface area contributed by atoms with Gasteiger partial charge in [0.15, 0.2) is 0 Å². The van der Waals surface area contributed by atoms with Crippen molar-refractivity contribution < 1.29 is 0 Å². The van der Waals surface area contributed by atoms with Gasteiger partial charge in [-0.1, -0.05) is 13.3 Å². The Morgan fingerprint density at radius 1 is 1.33 bits per heavy atom. The number of hydrogen-bond donors (Lipinski definition) is 0. The fourth-order valence-electron chi connectivity index (χ4n) is 2.42. The van der Waals surface area contributed by atoms with E-state index in [2.05, 4.69) is 49.2 Å². The van der Waals surface area contributed by atoms with Crippen LogP contribution in [0.3, 0.4) is 0 Å². The van der Waals surface area contributed by atoms with Crippen LogP contribution in [-0.2, 0) is 0 Å². The molecule has 0 unspecified atom stereocenters. The molecule has 18 heavy (non-hydrogen) atoms. The molecule has 2 rings (SSSR count). The fourth-order valence-corrected chi connectivity index (χ4v) is 3.08. The Morgan fingerprint density at radius 3 is 2.44 bits per heavy atom. The van der Waals surface area contributed by atoms with E-state index < -0.39 is 0 Å². The standard InChI is InChI=1S/C15H20N2S/c1-3-18-14-7-5-13(6-8-14)17(2)12-15(11-16)9-4-10-15/h5-8H,3-4,9-10,12H2,1-2H3. The van der Waals surface area contributed by atoms with E-state index in [1.165, 1.54) is 17.0 Å². The minimum Gasteiger partial charge on any atom is -0.373 e. The molecule has 0 N–H and O–H groups in total. The van der Waals surface area contributed by atoms with Gasteiger partial charge in [0.25, 0.3) is 0 Å². The van der Waals surface area contributed by atoms with Crippen LogP contribution in [0.25, 0.3) is 0 Å². The number of nitriles is 1. The lowest BCUT2D eigenvalue weighted by Crippen LogP contribution is -2.39. The summed E-state index contributed by atoms with van der Waals surface area (Å²) in [5.74, 6) is 1.10. The van der Waals surface area contributed by atoms with Crippen LogP contribution in [0, 0.1) is 16.7 Å². The highest BCUT2D eigenvalue weighted by Gasteiger charge is 2.38. The summed E-state index contributed by atoms with van der Waals surface area (Å²) < 4.78 is 0. The smallest absolute Gasteiger partial charge is 0.0748 e. The SMILES string of the molecule is CCSc1ccc(N(C)CC2(C#N)CCC2)cc1. The third kappa shape index (κ3) is 2.81. The van der Waals surface area contributed by atoms with Gasteiger partial charge in [0.05, 0.1) is 11.5 Å². The predicted octanol–water partition coefficient (Wildman–Crippen LogP) is 3.93. The van der Waals surface area contributed by atoms with Gasteiger partial charge in [0, 0.05) is 24.2 Å². The number of anilines is 1.